The van der Waals surface area contributed by atoms with Crippen molar-refractivity contribution in [1.82, 2.24) is 14.8 Å². The number of benzene rings is 1. The summed E-state index contributed by atoms with van der Waals surface area (Å²) in [7, 11) is 1.83. The van der Waals surface area contributed by atoms with E-state index in [0.29, 0.717) is 43.3 Å². The van der Waals surface area contributed by atoms with Crippen molar-refractivity contribution in [2.24, 2.45) is 5.73 Å². The number of carbonyl (C=O) groups excluding carboxylic acids is 1. The van der Waals surface area contributed by atoms with Crippen molar-refractivity contribution in [3.05, 3.63) is 65.2 Å². The van der Waals surface area contributed by atoms with E-state index in [2.05, 4.69) is 4.98 Å². The third-order valence-corrected chi connectivity index (χ3v) is 4.70. The van der Waals surface area contributed by atoms with Crippen LogP contribution in [0.4, 0.5) is 4.39 Å². The molecule has 0 spiro atoms. The van der Waals surface area contributed by atoms with Crippen LogP contribution in [0.25, 0.3) is 11.4 Å². The lowest BCUT2D eigenvalue weighted by Crippen LogP contribution is -2.44. The number of ether oxygens (including phenoxy) is 1. The van der Waals surface area contributed by atoms with Gasteiger partial charge in [0.25, 0.3) is 0 Å². The molecule has 2 aromatic rings. The number of carbonyl (C=O) groups is 1. The first kappa shape index (κ1) is 19.8. The Bertz CT molecular complexity index is 861. The molecule has 1 saturated heterocycles. The SMILES string of the molecule is Cc1cc(/C(=C(/N)c2ccc(F)cc2)N(C)CC(=O)N2CCOCC2)ccn1. The van der Waals surface area contributed by atoms with E-state index in [1.165, 1.54) is 12.1 Å². The van der Waals surface area contributed by atoms with Crippen molar-refractivity contribution < 1.29 is 13.9 Å². The van der Waals surface area contributed by atoms with Crippen molar-refractivity contribution >= 4 is 17.3 Å². The molecule has 1 aromatic carbocycles. The highest BCUT2D eigenvalue weighted by Gasteiger charge is 2.21. The van der Waals surface area contributed by atoms with Gasteiger partial charge in [0.2, 0.25) is 5.91 Å². The molecule has 1 aliphatic rings. The summed E-state index contributed by atoms with van der Waals surface area (Å²) >= 11 is 0. The molecule has 0 unspecified atom stereocenters. The Kier molecular flexibility index (Phi) is 6.26. The lowest BCUT2D eigenvalue weighted by Gasteiger charge is -2.31. The summed E-state index contributed by atoms with van der Waals surface area (Å²) in [4.78, 5) is 20.6. The Labute approximate surface area is 164 Å². The van der Waals surface area contributed by atoms with Gasteiger partial charge in [0, 0.05) is 37.6 Å². The summed E-state index contributed by atoms with van der Waals surface area (Å²) < 4.78 is 18.6. The monoisotopic (exact) mass is 384 g/mol. The maximum absolute atomic E-state index is 13.3. The van der Waals surface area contributed by atoms with Gasteiger partial charge in [0.15, 0.2) is 0 Å². The minimum absolute atomic E-state index is 0.0148. The van der Waals surface area contributed by atoms with Crippen LogP contribution >= 0.6 is 0 Å². The van der Waals surface area contributed by atoms with Gasteiger partial charge in [-0.05, 0) is 48.9 Å². The van der Waals surface area contributed by atoms with Gasteiger partial charge in [0.1, 0.15) is 5.82 Å². The van der Waals surface area contributed by atoms with Gasteiger partial charge in [-0.25, -0.2) is 4.39 Å². The largest absolute Gasteiger partial charge is 0.397 e. The van der Waals surface area contributed by atoms with Crippen molar-refractivity contribution in [1.29, 1.82) is 0 Å². The number of hydrogen-bond donors (Lipinski definition) is 1. The molecule has 28 heavy (non-hydrogen) atoms. The molecule has 3 rings (SSSR count). The number of aromatic nitrogens is 1. The zero-order valence-corrected chi connectivity index (χ0v) is 16.2. The fourth-order valence-electron chi connectivity index (χ4n) is 3.24. The zero-order chi connectivity index (χ0) is 20.1. The third kappa shape index (κ3) is 4.67. The fraction of sp³-hybridized carbons (Fsp3) is 0.333. The molecule has 1 aromatic heterocycles. The second-order valence-electron chi connectivity index (χ2n) is 6.80. The maximum atomic E-state index is 13.3. The first-order chi connectivity index (χ1) is 13.5. The molecule has 0 atom stereocenters. The Hall–Kier alpha value is -2.93. The van der Waals surface area contributed by atoms with Gasteiger partial charge >= 0.3 is 0 Å². The Morgan fingerprint density at radius 1 is 1.21 bits per heavy atom. The van der Waals surface area contributed by atoms with Crippen molar-refractivity contribution in [2.75, 3.05) is 39.9 Å². The number of aryl methyl sites for hydroxylation is 1. The molecule has 2 heterocycles. The Balaban J connectivity index is 1.94. The lowest BCUT2D eigenvalue weighted by atomic mass is 10.0. The zero-order valence-electron chi connectivity index (χ0n) is 16.2. The van der Waals surface area contributed by atoms with E-state index in [1.807, 2.05) is 31.0 Å². The third-order valence-electron chi connectivity index (χ3n) is 4.70. The van der Waals surface area contributed by atoms with Crippen molar-refractivity contribution in [3.8, 4) is 0 Å². The van der Waals surface area contributed by atoms with Gasteiger partial charge in [-0.15, -0.1) is 0 Å². The Morgan fingerprint density at radius 2 is 1.89 bits per heavy atom. The predicted molar refractivity (Wildman–Crippen MR) is 106 cm³/mol. The smallest absolute Gasteiger partial charge is 0.242 e. The minimum Gasteiger partial charge on any atom is -0.397 e. The number of hydrogen-bond acceptors (Lipinski definition) is 5. The number of halogens is 1. The van der Waals surface area contributed by atoms with Crippen LogP contribution in [0.3, 0.4) is 0 Å². The average molecular weight is 384 g/mol. The summed E-state index contributed by atoms with van der Waals surface area (Å²) in [6, 6.07) is 9.79. The molecular weight excluding hydrogens is 359 g/mol. The van der Waals surface area contributed by atoms with E-state index in [4.69, 9.17) is 10.5 Å². The summed E-state index contributed by atoms with van der Waals surface area (Å²) in [5.74, 6) is -0.310. The second kappa shape index (κ2) is 8.84. The summed E-state index contributed by atoms with van der Waals surface area (Å²) in [5, 5.41) is 0. The summed E-state index contributed by atoms with van der Waals surface area (Å²) in [6.45, 7) is 4.37. The highest BCUT2D eigenvalue weighted by molar-refractivity contribution is 5.90. The number of amides is 1. The molecular formula is C21H25FN4O2. The van der Waals surface area contributed by atoms with E-state index in [-0.39, 0.29) is 18.3 Å². The number of nitrogens with two attached hydrogens (primary N) is 1. The van der Waals surface area contributed by atoms with Gasteiger partial charge in [-0.1, -0.05) is 0 Å². The van der Waals surface area contributed by atoms with Crippen LogP contribution in [-0.2, 0) is 9.53 Å². The highest BCUT2D eigenvalue weighted by Crippen LogP contribution is 2.26. The maximum Gasteiger partial charge on any atom is 0.242 e. The van der Waals surface area contributed by atoms with Gasteiger partial charge in [-0.2, -0.15) is 0 Å². The molecule has 1 fully saturated rings. The topological polar surface area (TPSA) is 71.7 Å². The van der Waals surface area contributed by atoms with E-state index in [9.17, 15) is 9.18 Å². The number of likely N-dealkylation sites (N-methyl/N-ethyl adjacent to an activating group) is 1. The van der Waals surface area contributed by atoms with Gasteiger partial charge < -0.3 is 20.3 Å². The van der Waals surface area contributed by atoms with Crippen LogP contribution in [0.1, 0.15) is 16.8 Å². The van der Waals surface area contributed by atoms with E-state index < -0.39 is 0 Å². The van der Waals surface area contributed by atoms with Crippen LogP contribution in [-0.4, -0.2) is 60.6 Å². The quantitative estimate of drug-likeness (QED) is 0.855. The normalized spacial score (nSPS) is 15.2. The molecule has 2 N–H and O–H groups in total. The van der Waals surface area contributed by atoms with Gasteiger partial charge in [0.05, 0.1) is 31.2 Å². The van der Waals surface area contributed by atoms with E-state index >= 15 is 0 Å². The molecule has 148 valence electrons. The molecule has 0 saturated carbocycles. The van der Waals surface area contributed by atoms with Crippen LogP contribution in [0, 0.1) is 12.7 Å². The number of pyridine rings is 1. The molecule has 0 aliphatic carbocycles. The van der Waals surface area contributed by atoms with E-state index in [0.717, 1.165) is 11.3 Å². The summed E-state index contributed by atoms with van der Waals surface area (Å²) in [6.07, 6.45) is 1.71. The number of nitrogens with zero attached hydrogens (tertiary/aromatic N) is 3. The van der Waals surface area contributed by atoms with E-state index in [1.54, 1.807) is 23.2 Å². The number of morpholine rings is 1. The Morgan fingerprint density at radius 3 is 2.54 bits per heavy atom. The van der Waals surface area contributed by atoms with Gasteiger partial charge in [-0.3, -0.25) is 9.78 Å². The number of rotatable bonds is 5. The lowest BCUT2D eigenvalue weighted by molar-refractivity contribution is -0.135. The molecule has 6 nitrogen and oxygen atoms in total. The molecule has 0 radical (unpaired) electrons. The van der Waals surface area contributed by atoms with Crippen LogP contribution in [0.15, 0.2) is 42.6 Å². The minimum atomic E-state index is -0.325. The van der Waals surface area contributed by atoms with Crippen molar-refractivity contribution in [2.45, 2.75) is 6.92 Å². The molecule has 1 amide bonds. The summed E-state index contributed by atoms with van der Waals surface area (Å²) in [5.41, 5.74) is 10.0. The first-order valence-corrected chi connectivity index (χ1v) is 9.21. The van der Waals surface area contributed by atoms with Crippen LogP contribution < -0.4 is 5.73 Å². The van der Waals surface area contributed by atoms with Crippen LogP contribution in [0.2, 0.25) is 0 Å². The molecule has 1 aliphatic heterocycles. The fourth-order valence-corrected chi connectivity index (χ4v) is 3.24. The van der Waals surface area contributed by atoms with Crippen molar-refractivity contribution in [3.63, 3.8) is 0 Å². The molecule has 0 bridgehead atoms. The standard InChI is InChI=1S/C21H25FN4O2/c1-15-13-17(7-8-24-15)21(20(23)16-3-5-18(22)6-4-16)25(2)14-19(27)26-9-11-28-12-10-26/h3-8,13H,9-12,14,23H2,1-2H3/b21-20-. The average Bonchev–Trinajstić information content (AvgIpc) is 2.69. The second-order valence-corrected chi connectivity index (χ2v) is 6.80. The molecule has 7 heteroatoms. The first-order valence-electron chi connectivity index (χ1n) is 9.21. The van der Waals surface area contributed by atoms with Crippen LogP contribution in [0.5, 0.6) is 0 Å². The highest BCUT2D eigenvalue weighted by atomic mass is 19.1. The predicted octanol–water partition coefficient (Wildman–Crippen LogP) is 2.10.